The number of ether oxygens (including phenoxy) is 1. The summed E-state index contributed by atoms with van der Waals surface area (Å²) in [5, 5.41) is 6.42. The van der Waals surface area contributed by atoms with E-state index in [2.05, 4.69) is 63.8 Å². The standard InChI is InChI=1S/C35H31INO3P/c36-41(30-20-10-3-11-21-30,31-22-12-4-13-23-31,32-24-14-5-15-25-32)27-33(37-34(38)29-18-8-2-9-19-29)35(39)40-26-28-16-6-1-7-17-28/h1-25,33H,26-27H2,(H,37,38)/t33-/m1/s1. The first-order chi connectivity index (χ1) is 20.0. The molecular formula is C35H31INO3P. The topological polar surface area (TPSA) is 55.4 Å². The summed E-state index contributed by atoms with van der Waals surface area (Å²) in [5.41, 5.74) is 1.37. The summed E-state index contributed by atoms with van der Waals surface area (Å²) in [6, 6.07) is 48.7. The van der Waals surface area contributed by atoms with Crippen LogP contribution in [0.25, 0.3) is 0 Å². The van der Waals surface area contributed by atoms with Crippen LogP contribution in [0.2, 0.25) is 0 Å². The van der Waals surface area contributed by atoms with Gasteiger partial charge in [0.05, 0.1) is 0 Å². The first kappa shape index (κ1) is 28.7. The summed E-state index contributed by atoms with van der Waals surface area (Å²) in [6.45, 7) is 0.122. The molecule has 206 valence electrons. The SMILES string of the molecule is O=C(N[C@H](CP(I)(c1ccccc1)(c1ccccc1)c1ccccc1)C(=O)OCc1ccccc1)c1ccccc1. The van der Waals surface area contributed by atoms with Crippen molar-refractivity contribution in [3.63, 3.8) is 0 Å². The van der Waals surface area contributed by atoms with Gasteiger partial charge in [-0.15, -0.1) is 0 Å². The molecule has 5 rings (SSSR count). The van der Waals surface area contributed by atoms with Crippen molar-refractivity contribution < 1.29 is 14.3 Å². The average Bonchev–Trinajstić information content (AvgIpc) is 3.05. The minimum atomic E-state index is -3.40. The fraction of sp³-hybridized carbons (Fsp3) is 0.0857. The van der Waals surface area contributed by atoms with Gasteiger partial charge < -0.3 is 0 Å². The van der Waals surface area contributed by atoms with Gasteiger partial charge >= 0.3 is 255 Å². The zero-order valence-electron chi connectivity index (χ0n) is 22.5. The normalized spacial score (nSPS) is 12.9. The predicted octanol–water partition coefficient (Wildman–Crippen LogP) is 6.41. The van der Waals surface area contributed by atoms with Gasteiger partial charge in [0.25, 0.3) is 0 Å². The molecule has 0 aliphatic rings. The van der Waals surface area contributed by atoms with E-state index in [1.807, 2.05) is 103 Å². The molecule has 0 saturated carbocycles. The zero-order valence-corrected chi connectivity index (χ0v) is 25.5. The van der Waals surface area contributed by atoms with Crippen molar-refractivity contribution in [3.05, 3.63) is 163 Å². The monoisotopic (exact) mass is 671 g/mol. The number of nitrogens with one attached hydrogen (secondary N) is 1. The summed E-state index contributed by atoms with van der Waals surface area (Å²) in [7, 11) is 0. The Bertz CT molecular complexity index is 1480. The average molecular weight is 672 g/mol. The van der Waals surface area contributed by atoms with E-state index in [-0.39, 0.29) is 12.5 Å². The van der Waals surface area contributed by atoms with E-state index in [9.17, 15) is 9.59 Å². The Morgan fingerprint density at radius 1 is 0.610 bits per heavy atom. The first-order valence-electron chi connectivity index (χ1n) is 13.4. The molecule has 0 bridgehead atoms. The van der Waals surface area contributed by atoms with Crippen LogP contribution in [0.4, 0.5) is 0 Å². The van der Waals surface area contributed by atoms with E-state index >= 15 is 0 Å². The summed E-state index contributed by atoms with van der Waals surface area (Å²) < 4.78 is 2.49. The minimum absolute atomic E-state index is 0.122. The fourth-order valence-corrected chi connectivity index (χ4v) is 14.1. The van der Waals surface area contributed by atoms with E-state index in [4.69, 9.17) is 4.74 Å². The van der Waals surface area contributed by atoms with Crippen LogP contribution in [-0.2, 0) is 16.1 Å². The third kappa shape index (κ3) is 6.12. The van der Waals surface area contributed by atoms with E-state index in [1.165, 1.54) is 0 Å². The predicted molar refractivity (Wildman–Crippen MR) is 178 cm³/mol. The first-order valence-corrected chi connectivity index (χ1v) is 18.7. The summed E-state index contributed by atoms with van der Waals surface area (Å²) in [4.78, 5) is 27.5. The summed E-state index contributed by atoms with van der Waals surface area (Å²) in [6.07, 6.45) is 0.344. The number of halogens is 1. The Balaban J connectivity index is 1.65. The molecule has 0 aliphatic carbocycles. The number of carbonyl (C=O) groups excluding carboxylic acids is 2. The van der Waals surface area contributed by atoms with Crippen LogP contribution in [0.5, 0.6) is 0 Å². The van der Waals surface area contributed by atoms with Crippen molar-refractivity contribution in [1.82, 2.24) is 5.32 Å². The molecular weight excluding hydrogens is 640 g/mol. The van der Waals surface area contributed by atoms with Crippen molar-refractivity contribution >= 4 is 54.1 Å². The van der Waals surface area contributed by atoms with Gasteiger partial charge in [-0.1, -0.05) is 0 Å². The van der Waals surface area contributed by atoms with E-state index in [0.717, 1.165) is 21.5 Å². The van der Waals surface area contributed by atoms with E-state index in [0.29, 0.717) is 11.7 Å². The molecule has 0 spiro atoms. The Labute approximate surface area is 254 Å². The Morgan fingerprint density at radius 3 is 1.44 bits per heavy atom. The van der Waals surface area contributed by atoms with Crippen LogP contribution in [0.15, 0.2) is 152 Å². The Morgan fingerprint density at radius 2 is 1.00 bits per heavy atom. The maximum absolute atomic E-state index is 14.0. The third-order valence-electron chi connectivity index (χ3n) is 7.26. The Kier molecular flexibility index (Phi) is 8.96. The van der Waals surface area contributed by atoms with Crippen LogP contribution in [0.1, 0.15) is 15.9 Å². The number of benzene rings is 5. The summed E-state index contributed by atoms with van der Waals surface area (Å²) in [5.74, 6) is -0.783. The van der Waals surface area contributed by atoms with Crippen LogP contribution in [0, 0.1) is 0 Å². The van der Waals surface area contributed by atoms with Gasteiger partial charge in [-0.3, -0.25) is 0 Å². The third-order valence-corrected chi connectivity index (χ3v) is 18.6. The molecule has 0 unspecified atom stereocenters. The molecule has 1 atom stereocenters. The van der Waals surface area contributed by atoms with Crippen molar-refractivity contribution in [1.29, 1.82) is 0 Å². The van der Waals surface area contributed by atoms with Crippen LogP contribution < -0.4 is 21.2 Å². The summed E-state index contributed by atoms with van der Waals surface area (Å²) >= 11 is 2.63. The molecule has 0 heterocycles. The molecule has 0 radical (unpaired) electrons. The van der Waals surface area contributed by atoms with Crippen molar-refractivity contribution in [2.45, 2.75) is 12.6 Å². The molecule has 0 saturated heterocycles. The molecule has 0 aliphatic heterocycles. The van der Waals surface area contributed by atoms with Gasteiger partial charge in [0.1, 0.15) is 0 Å². The number of rotatable bonds is 10. The molecule has 0 fully saturated rings. The van der Waals surface area contributed by atoms with Gasteiger partial charge in [0.2, 0.25) is 0 Å². The van der Waals surface area contributed by atoms with E-state index < -0.39 is 16.3 Å². The molecule has 0 aromatic heterocycles. The van der Waals surface area contributed by atoms with Crippen LogP contribution >= 0.6 is 26.3 Å². The molecule has 1 amide bonds. The number of hydrogen-bond donors (Lipinski definition) is 1. The van der Waals surface area contributed by atoms with Gasteiger partial charge in [0.15, 0.2) is 0 Å². The van der Waals surface area contributed by atoms with E-state index in [1.54, 1.807) is 12.1 Å². The van der Waals surface area contributed by atoms with Crippen molar-refractivity contribution in [3.8, 4) is 0 Å². The molecule has 41 heavy (non-hydrogen) atoms. The quantitative estimate of drug-likeness (QED) is 0.106. The van der Waals surface area contributed by atoms with Gasteiger partial charge in [-0.2, -0.15) is 0 Å². The zero-order chi connectivity index (χ0) is 28.6. The second kappa shape index (κ2) is 12.8. The molecule has 5 aromatic carbocycles. The van der Waals surface area contributed by atoms with Gasteiger partial charge in [-0.25, -0.2) is 0 Å². The second-order valence-electron chi connectivity index (χ2n) is 9.86. The van der Waals surface area contributed by atoms with Gasteiger partial charge in [-0.05, 0) is 0 Å². The van der Waals surface area contributed by atoms with Crippen LogP contribution in [0.3, 0.4) is 0 Å². The molecule has 5 aromatic rings. The number of amides is 1. The fourth-order valence-electron chi connectivity index (χ4n) is 5.16. The second-order valence-corrected chi connectivity index (χ2v) is 20.5. The maximum atomic E-state index is 14.0. The molecule has 6 heteroatoms. The molecule has 4 nitrogen and oxygen atoms in total. The van der Waals surface area contributed by atoms with Crippen molar-refractivity contribution in [2.75, 3.05) is 6.16 Å². The number of esters is 1. The van der Waals surface area contributed by atoms with Crippen molar-refractivity contribution in [2.24, 2.45) is 0 Å². The van der Waals surface area contributed by atoms with Crippen LogP contribution in [-0.4, -0.2) is 24.1 Å². The Hall–Kier alpha value is -3.80. The molecule has 1 N–H and O–H groups in total. The van der Waals surface area contributed by atoms with Gasteiger partial charge in [0, 0.05) is 0 Å². The number of hydrogen-bond acceptors (Lipinski definition) is 3. The number of carbonyl (C=O) groups is 2.